The fourth-order valence-corrected chi connectivity index (χ4v) is 1.29. The van der Waals surface area contributed by atoms with Crippen molar-refractivity contribution in [3.05, 3.63) is 35.4 Å². The molecule has 1 aromatic carbocycles. The highest BCUT2D eigenvalue weighted by atomic mass is 15.0. The molecule has 82 valence electrons. The van der Waals surface area contributed by atoms with Crippen molar-refractivity contribution in [2.45, 2.75) is 32.7 Å². The molecule has 0 amide bonds. The summed E-state index contributed by atoms with van der Waals surface area (Å²) in [6, 6.07) is 8.37. The van der Waals surface area contributed by atoms with E-state index in [2.05, 4.69) is 50.0 Å². The predicted molar refractivity (Wildman–Crippen MR) is 64.7 cm³/mol. The van der Waals surface area contributed by atoms with Crippen LogP contribution >= 0.6 is 0 Å². The third kappa shape index (κ3) is 3.62. The Kier molecular flexibility index (Phi) is 3.35. The highest BCUT2D eigenvalue weighted by Crippen LogP contribution is 2.22. The SMILES string of the molecule is CC(C)(C)c1ccc(CN=C(N)N)cc1. The van der Waals surface area contributed by atoms with Crippen LogP contribution in [0.15, 0.2) is 29.3 Å². The van der Waals surface area contributed by atoms with Crippen LogP contribution < -0.4 is 11.5 Å². The summed E-state index contributed by atoms with van der Waals surface area (Å²) in [4.78, 5) is 3.96. The Morgan fingerprint density at radius 3 is 2.07 bits per heavy atom. The smallest absolute Gasteiger partial charge is 0.186 e. The van der Waals surface area contributed by atoms with E-state index in [1.54, 1.807) is 0 Å². The van der Waals surface area contributed by atoms with Crippen LogP contribution in [0.1, 0.15) is 31.9 Å². The minimum atomic E-state index is 0.134. The highest BCUT2D eigenvalue weighted by Gasteiger charge is 2.12. The lowest BCUT2D eigenvalue weighted by molar-refractivity contribution is 0.590. The minimum Gasteiger partial charge on any atom is -0.370 e. The molecule has 1 rings (SSSR count). The average Bonchev–Trinajstić information content (AvgIpc) is 2.14. The van der Waals surface area contributed by atoms with E-state index in [4.69, 9.17) is 11.5 Å². The third-order valence-electron chi connectivity index (χ3n) is 2.26. The lowest BCUT2D eigenvalue weighted by Crippen LogP contribution is -2.22. The van der Waals surface area contributed by atoms with Gasteiger partial charge in [0.2, 0.25) is 0 Å². The number of aliphatic imine (C=N–C) groups is 1. The predicted octanol–water partition coefficient (Wildman–Crippen LogP) is 1.76. The van der Waals surface area contributed by atoms with Crippen LogP contribution in [0.2, 0.25) is 0 Å². The van der Waals surface area contributed by atoms with E-state index in [1.165, 1.54) is 5.56 Å². The molecule has 3 nitrogen and oxygen atoms in total. The van der Waals surface area contributed by atoms with Crippen molar-refractivity contribution in [3.63, 3.8) is 0 Å². The second-order valence-corrected chi connectivity index (χ2v) is 4.69. The molecule has 0 saturated carbocycles. The summed E-state index contributed by atoms with van der Waals surface area (Å²) in [6.07, 6.45) is 0. The van der Waals surface area contributed by atoms with E-state index >= 15 is 0 Å². The molecule has 0 aliphatic heterocycles. The number of hydrogen-bond acceptors (Lipinski definition) is 1. The summed E-state index contributed by atoms with van der Waals surface area (Å²) in [6.45, 7) is 7.13. The first-order valence-electron chi connectivity index (χ1n) is 5.04. The van der Waals surface area contributed by atoms with E-state index in [0.29, 0.717) is 6.54 Å². The molecule has 0 heterocycles. The molecule has 0 aromatic heterocycles. The maximum absolute atomic E-state index is 5.27. The molecule has 0 bridgehead atoms. The maximum Gasteiger partial charge on any atom is 0.186 e. The Labute approximate surface area is 91.2 Å². The van der Waals surface area contributed by atoms with E-state index in [-0.39, 0.29) is 11.4 Å². The van der Waals surface area contributed by atoms with E-state index in [1.807, 2.05) is 0 Å². The van der Waals surface area contributed by atoms with Gasteiger partial charge in [-0.1, -0.05) is 45.0 Å². The fraction of sp³-hybridized carbons (Fsp3) is 0.417. The van der Waals surface area contributed by atoms with E-state index in [0.717, 1.165) is 5.56 Å². The lowest BCUT2D eigenvalue weighted by Gasteiger charge is -2.18. The summed E-state index contributed by atoms with van der Waals surface area (Å²) in [5.41, 5.74) is 13.2. The van der Waals surface area contributed by atoms with Crippen LogP contribution in [-0.4, -0.2) is 5.96 Å². The maximum atomic E-state index is 5.27. The quantitative estimate of drug-likeness (QED) is 0.570. The van der Waals surface area contributed by atoms with Crippen LogP contribution in [0.5, 0.6) is 0 Å². The van der Waals surface area contributed by atoms with Gasteiger partial charge in [0.05, 0.1) is 6.54 Å². The van der Waals surface area contributed by atoms with Gasteiger partial charge in [0.15, 0.2) is 5.96 Å². The summed E-state index contributed by atoms with van der Waals surface area (Å²) >= 11 is 0. The molecule has 0 saturated heterocycles. The minimum absolute atomic E-state index is 0.134. The number of nitrogens with zero attached hydrogens (tertiary/aromatic N) is 1. The second kappa shape index (κ2) is 4.34. The van der Waals surface area contributed by atoms with Crippen molar-refractivity contribution in [1.29, 1.82) is 0 Å². The van der Waals surface area contributed by atoms with Gasteiger partial charge in [-0.15, -0.1) is 0 Å². The Morgan fingerprint density at radius 1 is 1.13 bits per heavy atom. The van der Waals surface area contributed by atoms with Gasteiger partial charge >= 0.3 is 0 Å². The Morgan fingerprint density at radius 2 is 1.67 bits per heavy atom. The summed E-state index contributed by atoms with van der Waals surface area (Å²) < 4.78 is 0. The average molecular weight is 205 g/mol. The molecule has 0 radical (unpaired) electrons. The standard InChI is InChI=1S/C12H19N3/c1-12(2,3)10-6-4-9(5-7-10)8-15-11(13)14/h4-7H,8H2,1-3H3,(H4,13,14,15). The normalized spacial score (nSPS) is 11.1. The van der Waals surface area contributed by atoms with Gasteiger partial charge in [-0.25, -0.2) is 4.99 Å². The summed E-state index contributed by atoms with van der Waals surface area (Å²) in [7, 11) is 0. The van der Waals surface area contributed by atoms with Crippen LogP contribution in [0.25, 0.3) is 0 Å². The van der Waals surface area contributed by atoms with Gasteiger partial charge in [0.1, 0.15) is 0 Å². The number of nitrogens with two attached hydrogens (primary N) is 2. The van der Waals surface area contributed by atoms with Gasteiger partial charge in [-0.05, 0) is 16.5 Å². The fourth-order valence-electron chi connectivity index (χ4n) is 1.29. The Hall–Kier alpha value is -1.51. The molecular formula is C12H19N3. The highest BCUT2D eigenvalue weighted by molar-refractivity contribution is 5.75. The molecule has 4 N–H and O–H groups in total. The molecule has 0 aliphatic rings. The molecule has 0 spiro atoms. The number of hydrogen-bond donors (Lipinski definition) is 2. The van der Waals surface area contributed by atoms with E-state index in [9.17, 15) is 0 Å². The third-order valence-corrected chi connectivity index (χ3v) is 2.26. The van der Waals surface area contributed by atoms with Crippen molar-refractivity contribution in [3.8, 4) is 0 Å². The van der Waals surface area contributed by atoms with Crippen LogP contribution in [0.4, 0.5) is 0 Å². The van der Waals surface area contributed by atoms with Crippen LogP contribution in [0.3, 0.4) is 0 Å². The topological polar surface area (TPSA) is 64.4 Å². The van der Waals surface area contributed by atoms with Crippen molar-refractivity contribution < 1.29 is 0 Å². The van der Waals surface area contributed by atoms with Gasteiger partial charge in [-0.2, -0.15) is 0 Å². The summed E-state index contributed by atoms with van der Waals surface area (Å²) in [5.74, 6) is 0.134. The number of benzene rings is 1. The molecule has 1 aromatic rings. The zero-order valence-electron chi connectivity index (χ0n) is 9.62. The molecule has 0 unspecified atom stereocenters. The molecule has 0 atom stereocenters. The number of guanidine groups is 1. The summed E-state index contributed by atoms with van der Waals surface area (Å²) in [5, 5.41) is 0. The van der Waals surface area contributed by atoms with Crippen molar-refractivity contribution in [2.75, 3.05) is 0 Å². The Bertz CT molecular complexity index is 340. The van der Waals surface area contributed by atoms with Crippen molar-refractivity contribution in [1.82, 2.24) is 0 Å². The van der Waals surface area contributed by atoms with Crippen LogP contribution in [-0.2, 0) is 12.0 Å². The molecule has 0 aliphatic carbocycles. The van der Waals surface area contributed by atoms with E-state index < -0.39 is 0 Å². The largest absolute Gasteiger partial charge is 0.370 e. The van der Waals surface area contributed by atoms with Crippen LogP contribution in [0, 0.1) is 0 Å². The van der Waals surface area contributed by atoms with Crippen molar-refractivity contribution >= 4 is 5.96 Å². The molecule has 3 heteroatoms. The van der Waals surface area contributed by atoms with Gasteiger partial charge in [0, 0.05) is 0 Å². The first-order valence-corrected chi connectivity index (χ1v) is 5.04. The van der Waals surface area contributed by atoms with Gasteiger partial charge < -0.3 is 11.5 Å². The monoisotopic (exact) mass is 205 g/mol. The first-order chi connectivity index (χ1) is 6.89. The lowest BCUT2D eigenvalue weighted by atomic mass is 9.87. The zero-order chi connectivity index (χ0) is 11.5. The Balaban J connectivity index is 2.77. The zero-order valence-corrected chi connectivity index (χ0v) is 9.62. The number of rotatable bonds is 2. The van der Waals surface area contributed by atoms with Gasteiger partial charge in [-0.3, -0.25) is 0 Å². The molecular weight excluding hydrogens is 186 g/mol. The molecule has 15 heavy (non-hydrogen) atoms. The second-order valence-electron chi connectivity index (χ2n) is 4.69. The van der Waals surface area contributed by atoms with Gasteiger partial charge in [0.25, 0.3) is 0 Å². The molecule has 0 fully saturated rings. The first kappa shape index (κ1) is 11.6. The van der Waals surface area contributed by atoms with Crippen molar-refractivity contribution in [2.24, 2.45) is 16.5 Å².